The zero-order chi connectivity index (χ0) is 17.1. The molecule has 2 saturated heterocycles. The van der Waals surface area contributed by atoms with E-state index in [1.807, 2.05) is 54.9 Å². The van der Waals surface area contributed by atoms with E-state index in [4.69, 9.17) is 4.74 Å². The van der Waals surface area contributed by atoms with E-state index in [1.165, 1.54) is 5.56 Å². The summed E-state index contributed by atoms with van der Waals surface area (Å²) >= 11 is 0. The maximum Gasteiger partial charge on any atom is 0.226 e. The molecule has 0 radical (unpaired) electrons. The number of fused-ring (bicyclic) bond motifs is 2. The minimum Gasteiger partial charge on any atom is -0.371 e. The van der Waals surface area contributed by atoms with Crippen molar-refractivity contribution in [1.29, 1.82) is 0 Å². The molecule has 5 nitrogen and oxygen atoms in total. The number of aromatic nitrogens is 1. The lowest BCUT2D eigenvalue weighted by Gasteiger charge is -2.32. The molecule has 1 aromatic heterocycles. The minimum atomic E-state index is -0.0452. The van der Waals surface area contributed by atoms with E-state index in [0.717, 1.165) is 31.6 Å². The lowest BCUT2D eigenvalue weighted by atomic mass is 9.99. The highest BCUT2D eigenvalue weighted by molar-refractivity contribution is 5.79. The molecule has 4 rings (SSSR count). The summed E-state index contributed by atoms with van der Waals surface area (Å²) in [5.74, 6) is 0.0678. The van der Waals surface area contributed by atoms with Gasteiger partial charge in [0.25, 0.3) is 0 Å². The second-order valence-corrected chi connectivity index (χ2v) is 6.89. The molecule has 130 valence electrons. The molecule has 1 aromatic carbocycles. The van der Waals surface area contributed by atoms with Gasteiger partial charge in [0.15, 0.2) is 0 Å². The number of rotatable bonds is 5. The van der Waals surface area contributed by atoms with E-state index in [2.05, 4.69) is 15.2 Å². The van der Waals surface area contributed by atoms with Crippen LogP contribution in [0.3, 0.4) is 0 Å². The maximum atomic E-state index is 12.6. The highest BCUT2D eigenvalue weighted by Crippen LogP contribution is 2.32. The van der Waals surface area contributed by atoms with Crippen LogP contribution in [0.15, 0.2) is 54.9 Å². The molecule has 0 aliphatic carbocycles. The first kappa shape index (κ1) is 16.2. The summed E-state index contributed by atoms with van der Waals surface area (Å²) in [5.41, 5.74) is 2.37. The Morgan fingerprint density at radius 3 is 2.72 bits per heavy atom. The zero-order valence-corrected chi connectivity index (χ0v) is 14.2. The Balaban J connectivity index is 1.33. The fourth-order valence-corrected chi connectivity index (χ4v) is 3.80. The third-order valence-electron chi connectivity index (χ3n) is 5.03. The van der Waals surface area contributed by atoms with Crippen molar-refractivity contribution < 1.29 is 9.53 Å². The molecule has 1 amide bonds. The van der Waals surface area contributed by atoms with Gasteiger partial charge in [-0.25, -0.2) is 0 Å². The molecule has 25 heavy (non-hydrogen) atoms. The van der Waals surface area contributed by atoms with Crippen LogP contribution in [0.5, 0.6) is 0 Å². The third kappa shape index (κ3) is 3.89. The van der Waals surface area contributed by atoms with Gasteiger partial charge in [-0.15, -0.1) is 0 Å². The SMILES string of the molecule is O=C(NCc1ccccc1)[C@@H]1C[C@H]2CN(Cc3ccncc3)C[C@H]1O2. The maximum absolute atomic E-state index is 12.6. The topological polar surface area (TPSA) is 54.5 Å². The van der Waals surface area contributed by atoms with Gasteiger partial charge < -0.3 is 10.1 Å². The Bertz CT molecular complexity index is 707. The second-order valence-electron chi connectivity index (χ2n) is 6.89. The zero-order valence-electron chi connectivity index (χ0n) is 14.2. The summed E-state index contributed by atoms with van der Waals surface area (Å²) in [4.78, 5) is 19.1. The molecule has 5 heteroatoms. The fourth-order valence-electron chi connectivity index (χ4n) is 3.80. The van der Waals surface area contributed by atoms with Crippen LogP contribution in [0.1, 0.15) is 17.5 Å². The Morgan fingerprint density at radius 2 is 1.92 bits per heavy atom. The quantitative estimate of drug-likeness (QED) is 0.907. The summed E-state index contributed by atoms with van der Waals surface area (Å²) in [6.07, 6.45) is 4.62. The summed E-state index contributed by atoms with van der Waals surface area (Å²) in [7, 11) is 0. The number of benzene rings is 1. The van der Waals surface area contributed by atoms with Gasteiger partial charge in [0, 0.05) is 38.6 Å². The Hall–Kier alpha value is -2.24. The number of morpholine rings is 1. The van der Waals surface area contributed by atoms with Crippen LogP contribution in [0, 0.1) is 5.92 Å². The van der Waals surface area contributed by atoms with Crippen molar-refractivity contribution in [3.8, 4) is 0 Å². The van der Waals surface area contributed by atoms with Crippen LogP contribution in [0.2, 0.25) is 0 Å². The van der Waals surface area contributed by atoms with E-state index in [9.17, 15) is 4.79 Å². The van der Waals surface area contributed by atoms with Crippen molar-refractivity contribution in [2.45, 2.75) is 31.7 Å². The molecule has 0 saturated carbocycles. The van der Waals surface area contributed by atoms with E-state index in [-0.39, 0.29) is 24.0 Å². The number of hydrogen-bond acceptors (Lipinski definition) is 4. The van der Waals surface area contributed by atoms with Gasteiger partial charge in [0.1, 0.15) is 0 Å². The van der Waals surface area contributed by atoms with Crippen LogP contribution in [-0.4, -0.2) is 41.1 Å². The van der Waals surface area contributed by atoms with Gasteiger partial charge in [-0.1, -0.05) is 30.3 Å². The third-order valence-corrected chi connectivity index (χ3v) is 5.03. The van der Waals surface area contributed by atoms with E-state index < -0.39 is 0 Å². The monoisotopic (exact) mass is 337 g/mol. The summed E-state index contributed by atoms with van der Waals surface area (Å²) in [6, 6.07) is 14.1. The Morgan fingerprint density at radius 1 is 1.12 bits per heavy atom. The van der Waals surface area contributed by atoms with Gasteiger partial charge in [-0.2, -0.15) is 0 Å². The lowest BCUT2D eigenvalue weighted by Crippen LogP contribution is -2.44. The number of ether oxygens (including phenoxy) is 1. The number of nitrogens with zero attached hydrogens (tertiary/aromatic N) is 2. The molecule has 1 N–H and O–H groups in total. The molecule has 2 aromatic rings. The molecule has 2 fully saturated rings. The average molecular weight is 337 g/mol. The van der Waals surface area contributed by atoms with Crippen molar-refractivity contribution in [2.75, 3.05) is 13.1 Å². The summed E-state index contributed by atoms with van der Waals surface area (Å²) in [6.45, 7) is 3.16. The van der Waals surface area contributed by atoms with Crippen molar-refractivity contribution >= 4 is 5.91 Å². The first-order chi connectivity index (χ1) is 12.3. The molecule has 2 aliphatic heterocycles. The van der Waals surface area contributed by atoms with Crippen LogP contribution in [-0.2, 0) is 22.6 Å². The Labute approximate surface area is 148 Å². The lowest BCUT2D eigenvalue weighted by molar-refractivity contribution is -0.128. The van der Waals surface area contributed by atoms with Crippen LogP contribution >= 0.6 is 0 Å². The molecule has 3 heterocycles. The van der Waals surface area contributed by atoms with Gasteiger partial charge in [-0.3, -0.25) is 14.7 Å². The van der Waals surface area contributed by atoms with Crippen molar-refractivity contribution in [2.24, 2.45) is 5.92 Å². The van der Waals surface area contributed by atoms with Crippen LogP contribution in [0.25, 0.3) is 0 Å². The van der Waals surface area contributed by atoms with E-state index in [0.29, 0.717) is 6.54 Å². The number of carbonyl (C=O) groups excluding carboxylic acids is 1. The normalized spacial score (nSPS) is 25.7. The van der Waals surface area contributed by atoms with E-state index >= 15 is 0 Å². The van der Waals surface area contributed by atoms with Gasteiger partial charge in [0.05, 0.1) is 18.1 Å². The predicted octanol–water partition coefficient (Wildman–Crippen LogP) is 1.99. The molecule has 2 bridgehead atoms. The van der Waals surface area contributed by atoms with Gasteiger partial charge in [0.2, 0.25) is 5.91 Å². The van der Waals surface area contributed by atoms with Gasteiger partial charge >= 0.3 is 0 Å². The van der Waals surface area contributed by atoms with E-state index in [1.54, 1.807) is 0 Å². The average Bonchev–Trinajstić information content (AvgIpc) is 2.96. The molecule has 2 aliphatic rings. The first-order valence-corrected chi connectivity index (χ1v) is 8.86. The number of nitrogens with one attached hydrogen (secondary N) is 1. The standard InChI is InChI=1S/C20H23N3O2/c24-20(22-11-15-4-2-1-3-5-15)18-10-17-13-23(14-19(18)25-17)12-16-6-8-21-9-7-16/h1-9,17-19H,10-14H2,(H,22,24)/t17-,18+,19+/m0/s1. The highest BCUT2D eigenvalue weighted by atomic mass is 16.5. The molecular formula is C20H23N3O2. The fraction of sp³-hybridized carbons (Fsp3) is 0.400. The molecule has 3 atom stereocenters. The summed E-state index contributed by atoms with van der Waals surface area (Å²) in [5, 5.41) is 3.07. The van der Waals surface area contributed by atoms with Crippen LogP contribution < -0.4 is 5.32 Å². The van der Waals surface area contributed by atoms with Crippen LogP contribution in [0.4, 0.5) is 0 Å². The number of likely N-dealkylation sites (tertiary alicyclic amines) is 1. The van der Waals surface area contributed by atoms with Gasteiger partial charge in [-0.05, 0) is 29.7 Å². The first-order valence-electron chi connectivity index (χ1n) is 8.86. The number of pyridine rings is 1. The molecule has 0 unspecified atom stereocenters. The minimum absolute atomic E-state index is 0.00337. The smallest absolute Gasteiger partial charge is 0.226 e. The number of amides is 1. The van der Waals surface area contributed by atoms with Crippen molar-refractivity contribution in [3.05, 3.63) is 66.0 Å². The van der Waals surface area contributed by atoms with Crippen molar-refractivity contribution in [1.82, 2.24) is 15.2 Å². The molecular weight excluding hydrogens is 314 g/mol. The molecule has 0 spiro atoms. The summed E-state index contributed by atoms with van der Waals surface area (Å²) < 4.78 is 6.04. The second kappa shape index (κ2) is 7.33. The Kier molecular flexibility index (Phi) is 4.76. The number of carbonyl (C=O) groups is 1. The predicted molar refractivity (Wildman–Crippen MR) is 94.6 cm³/mol. The number of hydrogen-bond donors (Lipinski definition) is 1. The highest BCUT2D eigenvalue weighted by Gasteiger charge is 2.44. The van der Waals surface area contributed by atoms with Crippen molar-refractivity contribution in [3.63, 3.8) is 0 Å². The largest absolute Gasteiger partial charge is 0.371 e.